The minimum atomic E-state index is -1.00. The van der Waals surface area contributed by atoms with Crippen molar-refractivity contribution in [3.8, 4) is 0 Å². The number of ether oxygens (including phenoxy) is 1. The molecular formula is C17H10ClFO4. The van der Waals surface area contributed by atoms with Crippen LogP contribution >= 0.6 is 11.6 Å². The normalized spacial score (nSPS) is 10.7. The smallest absolute Gasteiger partial charge is 0.343 e. The number of rotatable bonds is 4. The van der Waals surface area contributed by atoms with Crippen molar-refractivity contribution >= 4 is 34.3 Å². The highest BCUT2D eigenvalue weighted by molar-refractivity contribution is 6.33. The number of benzene rings is 2. The van der Waals surface area contributed by atoms with Crippen LogP contribution in [0, 0.1) is 5.82 Å². The van der Waals surface area contributed by atoms with Gasteiger partial charge in [0, 0.05) is 5.39 Å². The molecule has 0 bridgehead atoms. The van der Waals surface area contributed by atoms with E-state index in [9.17, 15) is 14.0 Å². The van der Waals surface area contributed by atoms with Crippen molar-refractivity contribution in [1.29, 1.82) is 0 Å². The summed E-state index contributed by atoms with van der Waals surface area (Å²) in [5.41, 5.74) is 0.158. The van der Waals surface area contributed by atoms with Crippen LogP contribution in [0.4, 0.5) is 4.39 Å². The zero-order valence-electron chi connectivity index (χ0n) is 11.7. The van der Waals surface area contributed by atoms with Crippen LogP contribution in [-0.2, 0) is 4.74 Å². The standard InChI is InChI=1S/C17H10ClFO4/c18-11-5-3-6-12(19)16(11)17(21)22-9-13(20)15-8-10-4-1-2-7-14(10)23-15/h1-8H,9H2. The van der Waals surface area contributed by atoms with E-state index < -0.39 is 29.7 Å². The number of carbonyl (C=O) groups is 2. The van der Waals surface area contributed by atoms with Gasteiger partial charge in [-0.2, -0.15) is 0 Å². The molecule has 0 aliphatic carbocycles. The van der Waals surface area contributed by atoms with Gasteiger partial charge in [-0.15, -0.1) is 0 Å². The summed E-state index contributed by atoms with van der Waals surface area (Å²) in [5.74, 6) is -2.27. The monoisotopic (exact) mass is 332 g/mol. The number of hydrogen-bond donors (Lipinski definition) is 0. The second-order valence-corrected chi connectivity index (χ2v) is 5.15. The van der Waals surface area contributed by atoms with Crippen LogP contribution in [0.15, 0.2) is 52.9 Å². The molecule has 0 spiro atoms. The van der Waals surface area contributed by atoms with Gasteiger partial charge in [-0.25, -0.2) is 9.18 Å². The number of carbonyl (C=O) groups excluding carboxylic acids is 2. The average molecular weight is 333 g/mol. The highest BCUT2D eigenvalue weighted by Crippen LogP contribution is 2.21. The summed E-state index contributed by atoms with van der Waals surface area (Å²) in [6, 6.07) is 12.5. The maximum atomic E-state index is 13.6. The minimum absolute atomic E-state index is 0.0682. The topological polar surface area (TPSA) is 56.5 Å². The van der Waals surface area contributed by atoms with Gasteiger partial charge in [0.25, 0.3) is 0 Å². The van der Waals surface area contributed by atoms with Gasteiger partial charge in [0.15, 0.2) is 12.4 Å². The van der Waals surface area contributed by atoms with Crippen LogP contribution < -0.4 is 0 Å². The predicted molar refractivity (Wildman–Crippen MR) is 82.2 cm³/mol. The Kier molecular flexibility index (Phi) is 4.12. The van der Waals surface area contributed by atoms with Crippen LogP contribution in [0.2, 0.25) is 5.02 Å². The molecular weight excluding hydrogens is 323 g/mol. The number of esters is 1. The Morgan fingerprint density at radius 3 is 2.65 bits per heavy atom. The Labute approximate surface area is 135 Å². The molecule has 0 aliphatic rings. The van der Waals surface area contributed by atoms with E-state index in [1.807, 2.05) is 6.07 Å². The number of Topliss-reactive ketones (excluding diaryl/α,β-unsaturated/α-hetero) is 1. The van der Waals surface area contributed by atoms with Gasteiger partial charge >= 0.3 is 5.97 Å². The first-order valence-electron chi connectivity index (χ1n) is 6.69. The third-order valence-electron chi connectivity index (χ3n) is 3.20. The zero-order chi connectivity index (χ0) is 16.4. The van der Waals surface area contributed by atoms with E-state index in [1.165, 1.54) is 12.1 Å². The van der Waals surface area contributed by atoms with Gasteiger partial charge in [-0.1, -0.05) is 35.9 Å². The summed E-state index contributed by atoms with van der Waals surface area (Å²) in [6.45, 7) is -0.566. The van der Waals surface area contributed by atoms with Crippen LogP contribution in [0.3, 0.4) is 0 Å². The molecule has 2 aromatic carbocycles. The van der Waals surface area contributed by atoms with Crippen molar-refractivity contribution in [2.75, 3.05) is 6.61 Å². The van der Waals surface area contributed by atoms with Gasteiger partial charge in [-0.05, 0) is 24.3 Å². The average Bonchev–Trinajstić information content (AvgIpc) is 2.96. The van der Waals surface area contributed by atoms with E-state index in [4.69, 9.17) is 20.8 Å². The lowest BCUT2D eigenvalue weighted by molar-refractivity contribution is 0.0464. The number of para-hydroxylation sites is 1. The molecule has 6 heteroatoms. The number of ketones is 1. The zero-order valence-corrected chi connectivity index (χ0v) is 12.5. The fourth-order valence-corrected chi connectivity index (χ4v) is 2.33. The van der Waals surface area contributed by atoms with Crippen LogP contribution in [0.1, 0.15) is 20.9 Å². The number of halogens is 2. The fraction of sp³-hybridized carbons (Fsp3) is 0.0588. The predicted octanol–water partition coefficient (Wildman–Crippen LogP) is 4.27. The second kappa shape index (κ2) is 6.22. The molecule has 0 atom stereocenters. The second-order valence-electron chi connectivity index (χ2n) is 4.74. The van der Waals surface area contributed by atoms with Crippen molar-refractivity contribution in [2.45, 2.75) is 0 Å². The van der Waals surface area contributed by atoms with Gasteiger partial charge in [0.05, 0.1) is 5.02 Å². The summed E-state index contributed by atoms with van der Waals surface area (Å²) < 4.78 is 23.8. The highest BCUT2D eigenvalue weighted by Gasteiger charge is 2.20. The molecule has 0 unspecified atom stereocenters. The maximum absolute atomic E-state index is 13.6. The van der Waals surface area contributed by atoms with Crippen molar-refractivity contribution in [2.24, 2.45) is 0 Å². The lowest BCUT2D eigenvalue weighted by Crippen LogP contribution is -2.15. The largest absolute Gasteiger partial charge is 0.453 e. The van der Waals surface area contributed by atoms with E-state index in [0.29, 0.717) is 5.58 Å². The fourth-order valence-electron chi connectivity index (χ4n) is 2.09. The molecule has 4 nitrogen and oxygen atoms in total. The molecule has 0 radical (unpaired) electrons. The maximum Gasteiger partial charge on any atom is 0.343 e. The van der Waals surface area contributed by atoms with Gasteiger partial charge < -0.3 is 9.15 Å². The third-order valence-corrected chi connectivity index (χ3v) is 3.52. The Morgan fingerprint density at radius 2 is 1.91 bits per heavy atom. The van der Waals surface area contributed by atoms with Crippen molar-refractivity contribution < 1.29 is 23.1 Å². The van der Waals surface area contributed by atoms with Crippen LogP contribution in [0.25, 0.3) is 11.0 Å². The molecule has 0 N–H and O–H groups in total. The van der Waals surface area contributed by atoms with Gasteiger partial charge in [-0.3, -0.25) is 4.79 Å². The minimum Gasteiger partial charge on any atom is -0.453 e. The Hall–Kier alpha value is -2.66. The first kappa shape index (κ1) is 15.2. The third kappa shape index (κ3) is 3.10. The Balaban J connectivity index is 1.72. The summed E-state index contributed by atoms with van der Waals surface area (Å²) in [5, 5.41) is 0.686. The quantitative estimate of drug-likeness (QED) is 0.529. The van der Waals surface area contributed by atoms with E-state index in [-0.39, 0.29) is 10.8 Å². The number of hydrogen-bond acceptors (Lipinski definition) is 4. The molecule has 1 aromatic heterocycles. The number of furan rings is 1. The molecule has 0 saturated carbocycles. The van der Waals surface area contributed by atoms with E-state index >= 15 is 0 Å². The van der Waals surface area contributed by atoms with Crippen LogP contribution in [-0.4, -0.2) is 18.4 Å². The molecule has 116 valence electrons. The SMILES string of the molecule is O=C(COC(=O)c1c(F)cccc1Cl)c1cc2ccccc2o1. The first-order chi connectivity index (χ1) is 11.1. The lowest BCUT2D eigenvalue weighted by Gasteiger charge is -2.05. The highest BCUT2D eigenvalue weighted by atomic mass is 35.5. The van der Waals surface area contributed by atoms with E-state index in [2.05, 4.69) is 0 Å². The molecule has 0 amide bonds. The molecule has 3 aromatic rings. The van der Waals surface area contributed by atoms with E-state index in [0.717, 1.165) is 11.5 Å². The Morgan fingerprint density at radius 1 is 1.13 bits per heavy atom. The summed E-state index contributed by atoms with van der Waals surface area (Å²) >= 11 is 5.77. The molecule has 1 heterocycles. The van der Waals surface area contributed by atoms with Crippen LogP contribution in [0.5, 0.6) is 0 Å². The molecule has 3 rings (SSSR count). The summed E-state index contributed by atoms with van der Waals surface area (Å²) in [6.07, 6.45) is 0. The Bertz CT molecular complexity index is 847. The van der Waals surface area contributed by atoms with Gasteiger partial charge in [0.1, 0.15) is 17.0 Å². The molecule has 0 saturated heterocycles. The first-order valence-corrected chi connectivity index (χ1v) is 7.07. The van der Waals surface area contributed by atoms with Gasteiger partial charge in [0.2, 0.25) is 5.78 Å². The summed E-state index contributed by atoms with van der Waals surface area (Å²) in [7, 11) is 0. The molecule has 0 aliphatic heterocycles. The van der Waals surface area contributed by atoms with Crippen molar-refractivity contribution in [1.82, 2.24) is 0 Å². The van der Waals surface area contributed by atoms with Crippen molar-refractivity contribution in [3.05, 3.63) is 70.7 Å². The molecule has 0 fully saturated rings. The van der Waals surface area contributed by atoms with E-state index in [1.54, 1.807) is 24.3 Å². The summed E-state index contributed by atoms with van der Waals surface area (Å²) in [4.78, 5) is 23.9. The number of fused-ring (bicyclic) bond motifs is 1. The lowest BCUT2D eigenvalue weighted by atomic mass is 10.2. The van der Waals surface area contributed by atoms with Crippen molar-refractivity contribution in [3.63, 3.8) is 0 Å². The molecule has 23 heavy (non-hydrogen) atoms.